The van der Waals surface area contributed by atoms with E-state index in [0.29, 0.717) is 38.9 Å². The molecule has 0 bridgehead atoms. The number of phenolic OH excluding ortho intramolecular Hbond substituents is 1. The molecule has 1 N–H and O–H groups in total. The third-order valence-electron chi connectivity index (χ3n) is 4.31. The first-order valence-corrected chi connectivity index (χ1v) is 9.93. The summed E-state index contributed by atoms with van der Waals surface area (Å²) in [6, 6.07) is 11.9. The maximum absolute atomic E-state index is 11.8. The van der Waals surface area contributed by atoms with Gasteiger partial charge < -0.3 is 10.0 Å². The fraction of sp³-hybridized carbons (Fsp3) is 0.190. The standard InChI is InChI=1S/C21H19N7O2S/c1-12-15(11-22)21(31-27-12)26-24-17-9-18(20(30)10-19(17)28(3)4)25-23-16-8-6-5-7-14(16)13(2)29/h5-10,30H,1-4H3. The second kappa shape index (κ2) is 9.23. The third kappa shape index (κ3) is 4.79. The number of aryl methyl sites for hydroxylation is 1. The van der Waals surface area contributed by atoms with Crippen molar-refractivity contribution in [2.45, 2.75) is 13.8 Å². The Bertz CT molecular complexity index is 1240. The SMILES string of the molecule is CC(=O)c1ccccc1N=Nc1cc(N=Nc2snc(C)c2C#N)c(N(C)C)cc1O. The number of hydrogen-bond donors (Lipinski definition) is 1. The van der Waals surface area contributed by atoms with Crippen LogP contribution in [0, 0.1) is 18.3 Å². The van der Waals surface area contributed by atoms with Crippen molar-refractivity contribution in [1.29, 1.82) is 5.26 Å². The van der Waals surface area contributed by atoms with Gasteiger partial charge >= 0.3 is 0 Å². The maximum Gasteiger partial charge on any atom is 0.176 e. The Morgan fingerprint density at radius 2 is 1.77 bits per heavy atom. The molecular formula is C21H19N7O2S. The summed E-state index contributed by atoms with van der Waals surface area (Å²) in [5, 5.41) is 36.8. The molecule has 0 spiro atoms. The van der Waals surface area contributed by atoms with E-state index in [1.807, 2.05) is 0 Å². The second-order valence-corrected chi connectivity index (χ2v) is 7.51. The molecule has 0 atom stereocenters. The van der Waals surface area contributed by atoms with Gasteiger partial charge in [-0.3, -0.25) is 4.79 Å². The van der Waals surface area contributed by atoms with Crippen LogP contribution in [0.5, 0.6) is 5.75 Å². The largest absolute Gasteiger partial charge is 0.506 e. The van der Waals surface area contributed by atoms with Crippen LogP contribution in [0.3, 0.4) is 0 Å². The molecule has 0 aliphatic heterocycles. The van der Waals surface area contributed by atoms with Crippen molar-refractivity contribution < 1.29 is 9.90 Å². The lowest BCUT2D eigenvalue weighted by molar-refractivity contribution is 0.101. The van der Waals surface area contributed by atoms with Crippen molar-refractivity contribution in [3.8, 4) is 11.8 Å². The van der Waals surface area contributed by atoms with E-state index >= 15 is 0 Å². The number of aromatic nitrogens is 1. The smallest absolute Gasteiger partial charge is 0.176 e. The molecule has 1 heterocycles. The summed E-state index contributed by atoms with van der Waals surface area (Å²) in [6.07, 6.45) is 0. The van der Waals surface area contributed by atoms with E-state index in [9.17, 15) is 15.2 Å². The van der Waals surface area contributed by atoms with Crippen LogP contribution in [0.1, 0.15) is 28.5 Å². The number of hydrogen-bond acceptors (Lipinski definition) is 10. The Balaban J connectivity index is 2.03. The molecule has 0 fully saturated rings. The Morgan fingerprint density at radius 3 is 2.45 bits per heavy atom. The fourth-order valence-corrected chi connectivity index (χ4v) is 3.37. The molecule has 3 rings (SSSR count). The molecule has 0 aliphatic rings. The number of azo groups is 2. The minimum Gasteiger partial charge on any atom is -0.506 e. The first-order chi connectivity index (χ1) is 14.8. The molecule has 0 saturated carbocycles. The van der Waals surface area contributed by atoms with Crippen molar-refractivity contribution in [3.63, 3.8) is 0 Å². The van der Waals surface area contributed by atoms with Crippen LogP contribution < -0.4 is 4.90 Å². The fourth-order valence-electron chi connectivity index (χ4n) is 2.69. The van der Waals surface area contributed by atoms with Gasteiger partial charge in [-0.15, -0.1) is 20.5 Å². The molecule has 0 saturated heterocycles. The number of rotatable bonds is 6. The monoisotopic (exact) mass is 433 g/mol. The number of carbonyl (C=O) groups is 1. The number of carbonyl (C=O) groups excluding carboxylic acids is 1. The van der Waals surface area contributed by atoms with Crippen molar-refractivity contribution in [1.82, 2.24) is 4.37 Å². The van der Waals surface area contributed by atoms with Crippen LogP contribution in [0.15, 0.2) is 56.9 Å². The van der Waals surface area contributed by atoms with Gasteiger partial charge in [-0.2, -0.15) is 9.64 Å². The first kappa shape index (κ1) is 21.7. The number of Topliss-reactive ketones (excluding diaryl/α,β-unsaturated/α-hetero) is 1. The van der Waals surface area contributed by atoms with E-state index < -0.39 is 0 Å². The highest BCUT2D eigenvalue weighted by Crippen LogP contribution is 2.41. The Kier molecular flexibility index (Phi) is 6.47. The van der Waals surface area contributed by atoms with Gasteiger partial charge in [0.05, 0.1) is 17.1 Å². The number of phenols is 1. The lowest BCUT2D eigenvalue weighted by Crippen LogP contribution is -2.08. The molecule has 10 heteroatoms. The third-order valence-corrected chi connectivity index (χ3v) is 5.13. The predicted octanol–water partition coefficient (Wildman–Crippen LogP) is 6.13. The molecular weight excluding hydrogens is 414 g/mol. The number of anilines is 1. The zero-order valence-corrected chi connectivity index (χ0v) is 18.2. The van der Waals surface area contributed by atoms with E-state index in [1.165, 1.54) is 19.1 Å². The lowest BCUT2D eigenvalue weighted by Gasteiger charge is -2.15. The van der Waals surface area contributed by atoms with E-state index in [4.69, 9.17) is 0 Å². The lowest BCUT2D eigenvalue weighted by atomic mass is 10.1. The van der Waals surface area contributed by atoms with Crippen molar-refractivity contribution in [2.75, 3.05) is 19.0 Å². The Morgan fingerprint density at radius 1 is 1.10 bits per heavy atom. The summed E-state index contributed by atoms with van der Waals surface area (Å²) in [7, 11) is 3.60. The summed E-state index contributed by atoms with van der Waals surface area (Å²) in [5.41, 5.74) is 2.99. The zero-order valence-electron chi connectivity index (χ0n) is 17.4. The average molecular weight is 433 g/mol. The minimum absolute atomic E-state index is 0.0990. The van der Waals surface area contributed by atoms with Gasteiger partial charge in [0.2, 0.25) is 0 Å². The van der Waals surface area contributed by atoms with Crippen molar-refractivity contribution >= 4 is 45.1 Å². The van der Waals surface area contributed by atoms with Crippen LogP contribution in [0.2, 0.25) is 0 Å². The van der Waals surface area contributed by atoms with E-state index in [-0.39, 0.29) is 17.2 Å². The topological polar surface area (TPSA) is 127 Å². The molecule has 0 unspecified atom stereocenters. The van der Waals surface area contributed by atoms with E-state index in [1.54, 1.807) is 50.2 Å². The Labute approximate surface area is 183 Å². The number of aromatic hydroxyl groups is 1. The normalized spacial score (nSPS) is 11.2. The number of ketones is 1. The second-order valence-electron chi connectivity index (χ2n) is 6.76. The first-order valence-electron chi connectivity index (χ1n) is 9.16. The minimum atomic E-state index is -0.135. The molecule has 31 heavy (non-hydrogen) atoms. The van der Waals surface area contributed by atoms with Gasteiger partial charge in [0.25, 0.3) is 0 Å². The van der Waals surface area contributed by atoms with Crippen LogP contribution in [0.4, 0.5) is 27.8 Å². The van der Waals surface area contributed by atoms with E-state index in [0.717, 1.165) is 11.5 Å². The number of nitriles is 1. The molecule has 0 radical (unpaired) electrons. The molecule has 1 aromatic heterocycles. The molecule has 0 amide bonds. The molecule has 2 aromatic carbocycles. The highest BCUT2D eigenvalue weighted by Gasteiger charge is 2.14. The summed E-state index contributed by atoms with van der Waals surface area (Å²) < 4.78 is 4.13. The van der Waals surface area contributed by atoms with Crippen molar-refractivity contribution in [2.24, 2.45) is 20.5 Å². The van der Waals surface area contributed by atoms with Crippen LogP contribution in [-0.2, 0) is 0 Å². The summed E-state index contributed by atoms with van der Waals surface area (Å²) in [5.74, 6) is -0.234. The van der Waals surface area contributed by atoms with Crippen LogP contribution >= 0.6 is 11.5 Å². The number of nitrogens with zero attached hydrogens (tertiary/aromatic N) is 7. The van der Waals surface area contributed by atoms with Gasteiger partial charge in [-0.05, 0) is 43.6 Å². The van der Waals surface area contributed by atoms with Crippen LogP contribution in [-0.4, -0.2) is 29.4 Å². The van der Waals surface area contributed by atoms with Gasteiger partial charge in [-0.25, -0.2) is 0 Å². The summed E-state index contributed by atoms with van der Waals surface area (Å²) >= 11 is 1.08. The average Bonchev–Trinajstić information content (AvgIpc) is 3.11. The quantitative estimate of drug-likeness (QED) is 0.369. The molecule has 156 valence electrons. The molecule has 3 aromatic rings. The summed E-state index contributed by atoms with van der Waals surface area (Å²) in [6.45, 7) is 3.18. The van der Waals surface area contributed by atoms with Gasteiger partial charge in [-0.1, -0.05) is 12.1 Å². The zero-order chi connectivity index (χ0) is 22.5. The van der Waals surface area contributed by atoms with Crippen molar-refractivity contribution in [3.05, 3.63) is 53.2 Å². The highest BCUT2D eigenvalue weighted by molar-refractivity contribution is 7.10. The molecule has 9 nitrogen and oxygen atoms in total. The summed E-state index contributed by atoms with van der Waals surface area (Å²) in [4.78, 5) is 13.5. The Hall–Kier alpha value is -3.97. The highest BCUT2D eigenvalue weighted by atomic mass is 32.1. The van der Waals surface area contributed by atoms with Gasteiger partial charge in [0, 0.05) is 25.7 Å². The number of benzene rings is 2. The maximum atomic E-state index is 11.8. The van der Waals surface area contributed by atoms with E-state index in [2.05, 4.69) is 30.9 Å². The van der Waals surface area contributed by atoms with Gasteiger partial charge in [0.15, 0.2) is 10.8 Å². The molecule has 0 aliphatic carbocycles. The van der Waals surface area contributed by atoms with Crippen LogP contribution in [0.25, 0.3) is 0 Å². The predicted molar refractivity (Wildman–Crippen MR) is 119 cm³/mol. The van der Waals surface area contributed by atoms with Gasteiger partial charge in [0.1, 0.15) is 28.8 Å².